The average molecular weight is 316 g/mol. The van der Waals surface area contributed by atoms with Gasteiger partial charge in [0, 0.05) is 37.0 Å². The van der Waals surface area contributed by atoms with E-state index in [0.717, 1.165) is 37.3 Å². The Bertz CT molecular complexity index is 494. The van der Waals surface area contributed by atoms with Gasteiger partial charge in [-0.25, -0.2) is 0 Å². The lowest BCUT2D eigenvalue weighted by atomic mass is 9.89. The quantitative estimate of drug-likeness (QED) is 0.585. The van der Waals surface area contributed by atoms with Crippen LogP contribution in [0.2, 0.25) is 0 Å². The average Bonchev–Trinajstić information content (AvgIpc) is 2.53. The van der Waals surface area contributed by atoms with Gasteiger partial charge in [-0.05, 0) is 23.8 Å². The third-order valence-corrected chi connectivity index (χ3v) is 3.98. The summed E-state index contributed by atoms with van der Waals surface area (Å²) in [5, 5.41) is 16.1. The van der Waals surface area contributed by atoms with Crippen LogP contribution in [0, 0.1) is 11.3 Å². The van der Waals surface area contributed by atoms with E-state index in [2.05, 4.69) is 55.0 Å². The van der Waals surface area contributed by atoms with Gasteiger partial charge < -0.3 is 15.7 Å². The Kier molecular flexibility index (Phi) is 7.90. The van der Waals surface area contributed by atoms with Gasteiger partial charge in [-0.15, -0.1) is 0 Å². The first-order chi connectivity index (χ1) is 10.8. The molecule has 0 aliphatic carbocycles. The van der Waals surface area contributed by atoms with Crippen LogP contribution >= 0.6 is 0 Å². The Hall–Kier alpha value is -1.74. The van der Waals surface area contributed by atoms with E-state index >= 15 is 0 Å². The molecule has 1 unspecified atom stereocenters. The summed E-state index contributed by atoms with van der Waals surface area (Å²) in [6, 6.07) is 10.4. The zero-order valence-electron chi connectivity index (χ0n) is 14.9. The smallest absolute Gasteiger partial charge is 0.0485 e. The van der Waals surface area contributed by atoms with E-state index in [0.29, 0.717) is 5.92 Å². The first-order valence-corrected chi connectivity index (χ1v) is 8.33. The summed E-state index contributed by atoms with van der Waals surface area (Å²) in [6.45, 7) is 16.3. The zero-order chi connectivity index (χ0) is 17.3. The minimum Gasteiger partial charge on any atom is -0.396 e. The predicted octanol–water partition coefficient (Wildman–Crippen LogP) is 3.48. The van der Waals surface area contributed by atoms with E-state index in [1.165, 1.54) is 5.56 Å². The molecular formula is C20H32N2O. The number of benzene rings is 1. The molecule has 0 amide bonds. The molecule has 0 bridgehead atoms. The van der Waals surface area contributed by atoms with Crippen molar-refractivity contribution in [1.29, 1.82) is 0 Å². The molecule has 1 aromatic rings. The van der Waals surface area contributed by atoms with Gasteiger partial charge in [-0.3, -0.25) is 0 Å². The first-order valence-electron chi connectivity index (χ1n) is 8.33. The highest BCUT2D eigenvalue weighted by Gasteiger charge is 2.18. The van der Waals surface area contributed by atoms with Gasteiger partial charge in [-0.1, -0.05) is 64.3 Å². The summed E-state index contributed by atoms with van der Waals surface area (Å²) in [5.41, 5.74) is 3.21. The molecule has 3 nitrogen and oxygen atoms in total. The number of aliphatic hydroxyl groups excluding tert-OH is 1. The molecule has 0 aliphatic rings. The lowest BCUT2D eigenvalue weighted by molar-refractivity contribution is 0.157. The predicted molar refractivity (Wildman–Crippen MR) is 99.1 cm³/mol. The SMILES string of the molecule is C=C(CC(C)(C)CO)NCC(C)C(=C)NCCc1ccccc1. The number of nitrogens with one attached hydrogen (secondary N) is 2. The van der Waals surface area contributed by atoms with Gasteiger partial charge in [0.1, 0.15) is 0 Å². The van der Waals surface area contributed by atoms with Crippen LogP contribution in [-0.2, 0) is 6.42 Å². The molecule has 0 radical (unpaired) electrons. The summed E-state index contributed by atoms with van der Waals surface area (Å²) in [5.74, 6) is 0.319. The lowest BCUT2D eigenvalue weighted by Gasteiger charge is -2.25. The van der Waals surface area contributed by atoms with Gasteiger partial charge in [0.2, 0.25) is 0 Å². The first kappa shape index (κ1) is 19.3. The minimum atomic E-state index is -0.127. The highest BCUT2D eigenvalue weighted by atomic mass is 16.3. The molecule has 3 N–H and O–H groups in total. The van der Waals surface area contributed by atoms with Crippen molar-refractivity contribution in [3.8, 4) is 0 Å². The second kappa shape index (κ2) is 9.41. The van der Waals surface area contributed by atoms with Crippen LogP contribution in [-0.4, -0.2) is 24.8 Å². The van der Waals surface area contributed by atoms with E-state index in [1.54, 1.807) is 0 Å². The van der Waals surface area contributed by atoms with Crippen LogP contribution in [0.5, 0.6) is 0 Å². The number of allylic oxidation sites excluding steroid dienone is 1. The fourth-order valence-corrected chi connectivity index (χ4v) is 2.30. The van der Waals surface area contributed by atoms with Crippen LogP contribution in [0.1, 0.15) is 32.8 Å². The number of hydrogen-bond acceptors (Lipinski definition) is 3. The second-order valence-electron chi connectivity index (χ2n) is 7.07. The highest BCUT2D eigenvalue weighted by Crippen LogP contribution is 2.22. The summed E-state index contributed by atoms with van der Waals surface area (Å²) < 4.78 is 0. The summed E-state index contributed by atoms with van der Waals surface area (Å²) in [4.78, 5) is 0. The zero-order valence-corrected chi connectivity index (χ0v) is 14.9. The summed E-state index contributed by atoms with van der Waals surface area (Å²) in [7, 11) is 0. The molecule has 0 spiro atoms. The molecular weight excluding hydrogens is 284 g/mol. The molecule has 0 aromatic heterocycles. The Labute approximate surface area is 141 Å². The Balaban J connectivity index is 2.24. The van der Waals surface area contributed by atoms with Crippen molar-refractivity contribution in [2.45, 2.75) is 33.6 Å². The van der Waals surface area contributed by atoms with Crippen LogP contribution in [0.15, 0.2) is 54.9 Å². The highest BCUT2D eigenvalue weighted by molar-refractivity contribution is 5.15. The molecule has 0 fully saturated rings. The van der Waals surface area contributed by atoms with Crippen molar-refractivity contribution in [1.82, 2.24) is 10.6 Å². The van der Waals surface area contributed by atoms with Gasteiger partial charge in [-0.2, -0.15) is 0 Å². The molecule has 128 valence electrons. The Morgan fingerprint density at radius 2 is 1.83 bits per heavy atom. The standard InChI is InChI=1S/C20H32N2O/c1-16(14-22-17(2)13-20(4,5)15-23)18(3)21-12-11-19-9-7-6-8-10-19/h6-10,16,21-23H,2-3,11-15H2,1,4-5H3. The Morgan fingerprint density at radius 1 is 1.17 bits per heavy atom. The maximum Gasteiger partial charge on any atom is 0.0485 e. The van der Waals surface area contributed by atoms with Crippen molar-refractivity contribution in [2.75, 3.05) is 19.7 Å². The van der Waals surface area contributed by atoms with Crippen LogP contribution in [0.25, 0.3) is 0 Å². The summed E-state index contributed by atoms with van der Waals surface area (Å²) >= 11 is 0. The van der Waals surface area contributed by atoms with Crippen LogP contribution in [0.3, 0.4) is 0 Å². The molecule has 0 heterocycles. The Morgan fingerprint density at radius 3 is 2.43 bits per heavy atom. The third-order valence-electron chi connectivity index (χ3n) is 3.98. The van der Waals surface area contributed by atoms with E-state index in [1.807, 2.05) is 19.9 Å². The normalized spacial score (nSPS) is 12.5. The molecule has 1 rings (SSSR count). The molecule has 0 saturated heterocycles. The van der Waals surface area contributed by atoms with Crippen molar-refractivity contribution in [3.05, 3.63) is 60.4 Å². The molecule has 23 heavy (non-hydrogen) atoms. The van der Waals surface area contributed by atoms with Gasteiger partial charge >= 0.3 is 0 Å². The van der Waals surface area contributed by atoms with Crippen LogP contribution in [0.4, 0.5) is 0 Å². The maximum atomic E-state index is 9.31. The third kappa shape index (κ3) is 7.89. The fourth-order valence-electron chi connectivity index (χ4n) is 2.30. The van der Waals surface area contributed by atoms with E-state index in [-0.39, 0.29) is 12.0 Å². The molecule has 3 heteroatoms. The molecule has 1 aromatic carbocycles. The van der Waals surface area contributed by atoms with Gasteiger partial charge in [0.25, 0.3) is 0 Å². The maximum absolute atomic E-state index is 9.31. The number of aliphatic hydroxyl groups is 1. The van der Waals surface area contributed by atoms with E-state index < -0.39 is 0 Å². The van der Waals surface area contributed by atoms with E-state index in [4.69, 9.17) is 0 Å². The fraction of sp³-hybridized carbons (Fsp3) is 0.500. The topological polar surface area (TPSA) is 44.3 Å². The largest absolute Gasteiger partial charge is 0.396 e. The van der Waals surface area contributed by atoms with Crippen molar-refractivity contribution in [3.63, 3.8) is 0 Å². The van der Waals surface area contributed by atoms with Crippen molar-refractivity contribution < 1.29 is 5.11 Å². The molecule has 0 saturated carbocycles. The van der Waals surface area contributed by atoms with Gasteiger partial charge in [0.05, 0.1) is 0 Å². The lowest BCUT2D eigenvalue weighted by Crippen LogP contribution is -2.29. The molecule has 0 aliphatic heterocycles. The number of hydrogen-bond donors (Lipinski definition) is 3. The van der Waals surface area contributed by atoms with Crippen molar-refractivity contribution in [2.24, 2.45) is 11.3 Å². The molecule has 1 atom stereocenters. The monoisotopic (exact) mass is 316 g/mol. The summed E-state index contributed by atoms with van der Waals surface area (Å²) in [6.07, 6.45) is 1.77. The number of rotatable bonds is 11. The second-order valence-corrected chi connectivity index (χ2v) is 7.07. The van der Waals surface area contributed by atoms with E-state index in [9.17, 15) is 5.11 Å². The van der Waals surface area contributed by atoms with Crippen molar-refractivity contribution >= 4 is 0 Å². The van der Waals surface area contributed by atoms with Gasteiger partial charge in [0.15, 0.2) is 0 Å². The van der Waals surface area contributed by atoms with Crippen LogP contribution < -0.4 is 10.6 Å². The minimum absolute atomic E-state index is 0.127.